The molecule has 5 aromatic rings. The average molecular weight is 565 g/mol. The number of aliphatic hydroxyl groups excluding tert-OH is 1. The van der Waals surface area contributed by atoms with E-state index in [1.54, 1.807) is 11.8 Å². The minimum absolute atomic E-state index is 0.00172. The summed E-state index contributed by atoms with van der Waals surface area (Å²) in [5.74, 6) is 1.41. The van der Waals surface area contributed by atoms with Crippen molar-refractivity contribution in [3.8, 4) is 22.6 Å². The summed E-state index contributed by atoms with van der Waals surface area (Å²) in [5.41, 5.74) is 12.3. The zero-order valence-corrected chi connectivity index (χ0v) is 23.5. The molecule has 6 nitrogen and oxygen atoms in total. The number of hydrogen-bond acceptors (Lipinski definition) is 7. The Morgan fingerprint density at radius 1 is 0.805 bits per heavy atom. The largest absolute Gasteiger partial charge is 0.431 e. The van der Waals surface area contributed by atoms with Gasteiger partial charge in [0.1, 0.15) is 5.69 Å². The van der Waals surface area contributed by atoms with Gasteiger partial charge in [0.25, 0.3) is 5.22 Å². The summed E-state index contributed by atoms with van der Waals surface area (Å²) in [5, 5.41) is 10.1. The number of nitrogens with zero attached hydrogens (tertiary/aromatic N) is 1. The summed E-state index contributed by atoms with van der Waals surface area (Å²) >= 11 is 1.54. The van der Waals surface area contributed by atoms with Gasteiger partial charge in [-0.25, -0.2) is 4.98 Å². The highest BCUT2D eigenvalue weighted by molar-refractivity contribution is 7.99. The van der Waals surface area contributed by atoms with Crippen molar-refractivity contribution in [1.82, 2.24) is 4.98 Å². The normalized spacial score (nSPS) is 20.6. The van der Waals surface area contributed by atoms with Crippen LogP contribution in [0.15, 0.2) is 119 Å². The molecule has 1 aliphatic heterocycles. The van der Waals surface area contributed by atoms with E-state index in [0.29, 0.717) is 16.7 Å². The maximum Gasteiger partial charge on any atom is 0.256 e. The Balaban J connectivity index is 1.28. The number of thioether (sulfide) groups is 1. The van der Waals surface area contributed by atoms with Crippen LogP contribution in [0.4, 0.5) is 5.69 Å². The van der Waals surface area contributed by atoms with Gasteiger partial charge in [-0.1, -0.05) is 116 Å². The lowest BCUT2D eigenvalue weighted by atomic mass is 9.91. The molecular weight excluding hydrogens is 532 g/mol. The Morgan fingerprint density at radius 2 is 1.51 bits per heavy atom. The summed E-state index contributed by atoms with van der Waals surface area (Å²) in [6.45, 7) is 2.15. The summed E-state index contributed by atoms with van der Waals surface area (Å²) in [6.07, 6.45) is -0.945. The van der Waals surface area contributed by atoms with E-state index in [4.69, 9.17) is 24.6 Å². The monoisotopic (exact) mass is 564 g/mol. The number of anilines is 1. The number of nitrogens with two attached hydrogens (primary N) is 1. The highest BCUT2D eigenvalue weighted by Crippen LogP contribution is 2.44. The van der Waals surface area contributed by atoms with Crippen LogP contribution in [-0.4, -0.2) is 21.9 Å². The van der Waals surface area contributed by atoms with Gasteiger partial charge in [0.2, 0.25) is 0 Å². The van der Waals surface area contributed by atoms with Crippen LogP contribution in [0, 0.1) is 5.92 Å². The van der Waals surface area contributed by atoms with E-state index in [2.05, 4.69) is 6.92 Å². The SMILES string of the molecule is C[C@H]1[C@@H](CSc2nc(-c3ccccc3)c(-c3ccccc3)o2)OC(c2cccc(N)c2)O[C@H]1c1ccc(CO)cc1. The minimum atomic E-state index is -0.577. The van der Waals surface area contributed by atoms with Crippen LogP contribution in [0.25, 0.3) is 22.6 Å². The van der Waals surface area contributed by atoms with E-state index in [-0.39, 0.29) is 24.7 Å². The number of aromatic nitrogens is 1. The number of nitrogen functional groups attached to an aromatic ring is 1. The molecule has 0 radical (unpaired) electrons. The Hall–Kier alpha value is -3.88. The van der Waals surface area contributed by atoms with Crippen molar-refractivity contribution >= 4 is 17.4 Å². The fourth-order valence-corrected chi connectivity index (χ4v) is 6.10. The molecule has 4 atom stereocenters. The molecule has 41 heavy (non-hydrogen) atoms. The molecule has 0 spiro atoms. The summed E-state index contributed by atoms with van der Waals surface area (Å²) in [4.78, 5) is 4.92. The highest BCUT2D eigenvalue weighted by atomic mass is 32.2. The van der Waals surface area contributed by atoms with E-state index in [9.17, 15) is 5.11 Å². The number of hydrogen-bond donors (Lipinski definition) is 2. The molecule has 7 heteroatoms. The first-order valence-electron chi connectivity index (χ1n) is 13.7. The maximum absolute atomic E-state index is 9.51. The first-order chi connectivity index (χ1) is 20.1. The fraction of sp³-hybridized carbons (Fsp3) is 0.206. The quantitative estimate of drug-likeness (QED) is 0.148. The molecule has 1 unspecified atom stereocenters. The van der Waals surface area contributed by atoms with Crippen molar-refractivity contribution in [2.45, 2.75) is 37.3 Å². The van der Waals surface area contributed by atoms with Crippen LogP contribution < -0.4 is 5.73 Å². The number of oxazole rings is 1. The van der Waals surface area contributed by atoms with Crippen LogP contribution in [0.3, 0.4) is 0 Å². The predicted octanol–water partition coefficient (Wildman–Crippen LogP) is 7.67. The lowest BCUT2D eigenvalue weighted by Gasteiger charge is -2.41. The Bertz CT molecular complexity index is 1520. The molecule has 0 amide bonds. The van der Waals surface area contributed by atoms with Gasteiger partial charge >= 0.3 is 0 Å². The van der Waals surface area contributed by atoms with Gasteiger partial charge in [0.05, 0.1) is 18.8 Å². The van der Waals surface area contributed by atoms with E-state index in [1.807, 2.05) is 109 Å². The average Bonchev–Trinajstić information content (AvgIpc) is 3.46. The van der Waals surface area contributed by atoms with Crippen molar-refractivity contribution in [2.75, 3.05) is 11.5 Å². The van der Waals surface area contributed by atoms with Gasteiger partial charge in [-0.15, -0.1) is 0 Å². The lowest BCUT2D eigenvalue weighted by molar-refractivity contribution is -0.268. The molecule has 208 valence electrons. The second-order valence-corrected chi connectivity index (χ2v) is 11.2. The third kappa shape index (κ3) is 6.09. The number of aliphatic hydroxyl groups is 1. The Labute approximate surface area is 244 Å². The molecule has 1 saturated heterocycles. The molecule has 0 aliphatic carbocycles. The molecule has 4 aromatic carbocycles. The van der Waals surface area contributed by atoms with Gasteiger partial charge in [-0.3, -0.25) is 0 Å². The van der Waals surface area contributed by atoms with E-state index >= 15 is 0 Å². The van der Waals surface area contributed by atoms with Crippen LogP contribution in [0.5, 0.6) is 0 Å². The molecule has 3 N–H and O–H groups in total. The van der Waals surface area contributed by atoms with Crippen molar-refractivity contribution in [3.63, 3.8) is 0 Å². The second-order valence-electron chi connectivity index (χ2n) is 10.2. The third-order valence-electron chi connectivity index (χ3n) is 7.37. The van der Waals surface area contributed by atoms with E-state index < -0.39 is 6.29 Å². The van der Waals surface area contributed by atoms with Crippen LogP contribution >= 0.6 is 11.8 Å². The molecule has 0 saturated carbocycles. The molecule has 1 fully saturated rings. The van der Waals surface area contributed by atoms with Crippen molar-refractivity contribution < 1.29 is 19.0 Å². The highest BCUT2D eigenvalue weighted by Gasteiger charge is 2.38. The summed E-state index contributed by atoms with van der Waals surface area (Å²) < 4.78 is 19.5. The topological polar surface area (TPSA) is 90.7 Å². The van der Waals surface area contributed by atoms with E-state index in [1.165, 1.54) is 0 Å². The fourth-order valence-electron chi connectivity index (χ4n) is 5.11. The van der Waals surface area contributed by atoms with E-state index in [0.717, 1.165) is 39.3 Å². The van der Waals surface area contributed by atoms with Crippen LogP contribution in [0.1, 0.15) is 36.0 Å². The standard InChI is InChI=1S/C34H32N2O4S/c1-22-29(21-41-34-36-30(24-9-4-2-5-10-24)32(40-34)25-11-6-3-7-12-25)38-33(27-13-8-14-28(35)19-27)39-31(22)26-17-15-23(20-37)16-18-26/h2-19,22,29,31,33,37H,20-21,35H2,1H3/t22-,29+,31+,33?/m0/s1. The molecular formula is C34H32N2O4S. The Kier molecular flexibility index (Phi) is 8.21. The maximum atomic E-state index is 9.51. The van der Waals surface area contributed by atoms with Gasteiger partial charge in [-0.2, -0.15) is 0 Å². The molecule has 1 aromatic heterocycles. The number of benzene rings is 4. The number of rotatable bonds is 8. The first kappa shape index (κ1) is 27.3. The molecule has 0 bridgehead atoms. The summed E-state index contributed by atoms with van der Waals surface area (Å²) in [7, 11) is 0. The second kappa shape index (κ2) is 12.3. The van der Waals surface area contributed by atoms with Gasteiger partial charge in [0, 0.05) is 34.0 Å². The first-order valence-corrected chi connectivity index (χ1v) is 14.7. The lowest BCUT2D eigenvalue weighted by Crippen LogP contribution is -2.38. The zero-order chi connectivity index (χ0) is 28.2. The van der Waals surface area contributed by atoms with Crippen molar-refractivity contribution in [3.05, 3.63) is 126 Å². The van der Waals surface area contributed by atoms with Gasteiger partial charge in [-0.05, 0) is 23.3 Å². The third-order valence-corrected chi connectivity index (χ3v) is 8.28. The van der Waals surface area contributed by atoms with Crippen molar-refractivity contribution in [2.24, 2.45) is 5.92 Å². The smallest absolute Gasteiger partial charge is 0.256 e. The van der Waals surface area contributed by atoms with Crippen LogP contribution in [0.2, 0.25) is 0 Å². The predicted molar refractivity (Wildman–Crippen MR) is 162 cm³/mol. The Morgan fingerprint density at radius 3 is 2.20 bits per heavy atom. The summed E-state index contributed by atoms with van der Waals surface area (Å²) in [6, 6.07) is 35.7. The van der Waals surface area contributed by atoms with Gasteiger partial charge in [0.15, 0.2) is 12.1 Å². The number of ether oxygens (including phenoxy) is 2. The zero-order valence-electron chi connectivity index (χ0n) is 22.7. The molecule has 1 aliphatic rings. The van der Waals surface area contributed by atoms with Gasteiger partial charge < -0.3 is 24.7 Å². The van der Waals surface area contributed by atoms with Crippen LogP contribution in [-0.2, 0) is 16.1 Å². The molecule has 6 rings (SSSR count). The minimum Gasteiger partial charge on any atom is -0.431 e. The van der Waals surface area contributed by atoms with Crippen molar-refractivity contribution in [1.29, 1.82) is 0 Å². The molecule has 2 heterocycles.